The molecule has 1 aliphatic rings. The Hall–Kier alpha value is -2.89. The van der Waals surface area contributed by atoms with Crippen LogP contribution in [0.15, 0.2) is 42.5 Å². The molecule has 3 rings (SSSR count). The van der Waals surface area contributed by atoms with Crippen LogP contribution in [0.2, 0.25) is 0 Å². The van der Waals surface area contributed by atoms with E-state index in [2.05, 4.69) is 0 Å². The van der Waals surface area contributed by atoms with Crippen LogP contribution in [0.5, 0.6) is 5.75 Å². The van der Waals surface area contributed by atoms with E-state index in [1.54, 1.807) is 11.0 Å². The molecule has 0 spiro atoms. The van der Waals surface area contributed by atoms with E-state index in [0.29, 0.717) is 24.4 Å². The van der Waals surface area contributed by atoms with Gasteiger partial charge in [-0.1, -0.05) is 23.8 Å². The number of fused-ring (bicyclic) bond motifs is 1. The maximum absolute atomic E-state index is 12.4. The number of aryl methyl sites for hydroxylation is 1. The molecule has 23 heavy (non-hydrogen) atoms. The minimum absolute atomic E-state index is 0.0112. The van der Waals surface area contributed by atoms with Crippen molar-refractivity contribution in [1.29, 1.82) is 0 Å². The first kappa shape index (κ1) is 15.0. The highest BCUT2D eigenvalue weighted by Gasteiger charge is 2.26. The molecule has 0 saturated heterocycles. The van der Waals surface area contributed by atoms with Gasteiger partial charge in [-0.15, -0.1) is 0 Å². The lowest BCUT2D eigenvalue weighted by Gasteiger charge is -2.17. The molecule has 0 N–H and O–H groups in total. The number of hydrogen-bond acceptors (Lipinski definition) is 4. The van der Waals surface area contributed by atoms with Crippen molar-refractivity contribution in [2.45, 2.75) is 13.3 Å². The Morgan fingerprint density at radius 2 is 2.00 bits per heavy atom. The number of ether oxygens (including phenoxy) is 1. The highest BCUT2D eigenvalue weighted by Crippen LogP contribution is 2.31. The Morgan fingerprint density at radius 3 is 2.70 bits per heavy atom. The molecule has 0 fully saturated rings. The summed E-state index contributed by atoms with van der Waals surface area (Å²) in [4.78, 5) is 24.4. The number of non-ortho nitro benzene ring substituents is 1. The topological polar surface area (TPSA) is 72.7 Å². The average molecular weight is 312 g/mol. The van der Waals surface area contributed by atoms with E-state index < -0.39 is 4.92 Å². The van der Waals surface area contributed by atoms with Gasteiger partial charge < -0.3 is 9.64 Å². The summed E-state index contributed by atoms with van der Waals surface area (Å²) in [5, 5.41) is 10.9. The first-order valence-corrected chi connectivity index (χ1v) is 7.32. The Morgan fingerprint density at radius 1 is 1.26 bits per heavy atom. The van der Waals surface area contributed by atoms with E-state index in [1.165, 1.54) is 12.1 Å². The highest BCUT2D eigenvalue weighted by atomic mass is 16.6. The van der Waals surface area contributed by atoms with Gasteiger partial charge in [0, 0.05) is 18.7 Å². The minimum Gasteiger partial charge on any atom is -0.484 e. The molecule has 6 nitrogen and oxygen atoms in total. The molecule has 0 bridgehead atoms. The maximum Gasteiger partial charge on any atom is 0.271 e. The third-order valence-corrected chi connectivity index (χ3v) is 3.86. The molecule has 0 radical (unpaired) electrons. The van der Waals surface area contributed by atoms with Crippen LogP contribution in [0.3, 0.4) is 0 Å². The fourth-order valence-electron chi connectivity index (χ4n) is 2.60. The SMILES string of the molecule is Cc1ccc(OCC(=O)N2CCc3ccc([N+](=O)[O-])cc32)cc1. The highest BCUT2D eigenvalue weighted by molar-refractivity contribution is 5.96. The van der Waals surface area contributed by atoms with Crippen LogP contribution in [0.25, 0.3) is 0 Å². The second-order valence-corrected chi connectivity index (χ2v) is 5.47. The fourth-order valence-corrected chi connectivity index (χ4v) is 2.60. The zero-order chi connectivity index (χ0) is 16.4. The van der Waals surface area contributed by atoms with E-state index in [0.717, 1.165) is 11.1 Å². The molecule has 0 unspecified atom stereocenters. The van der Waals surface area contributed by atoms with Crippen LogP contribution in [-0.2, 0) is 11.2 Å². The molecule has 118 valence electrons. The molecule has 0 atom stereocenters. The smallest absolute Gasteiger partial charge is 0.271 e. The van der Waals surface area contributed by atoms with Crippen molar-refractivity contribution < 1.29 is 14.5 Å². The van der Waals surface area contributed by atoms with Crippen molar-refractivity contribution in [2.75, 3.05) is 18.1 Å². The number of nitro benzene ring substituents is 1. The zero-order valence-corrected chi connectivity index (χ0v) is 12.7. The van der Waals surface area contributed by atoms with E-state index in [-0.39, 0.29) is 18.2 Å². The normalized spacial score (nSPS) is 12.8. The number of hydrogen-bond donors (Lipinski definition) is 0. The third-order valence-electron chi connectivity index (χ3n) is 3.86. The van der Waals surface area contributed by atoms with Gasteiger partial charge in [0.05, 0.1) is 10.6 Å². The van der Waals surface area contributed by atoms with E-state index in [4.69, 9.17) is 4.74 Å². The Balaban J connectivity index is 1.71. The summed E-state index contributed by atoms with van der Waals surface area (Å²) in [5.74, 6) is 0.423. The van der Waals surface area contributed by atoms with Gasteiger partial charge in [0.15, 0.2) is 6.61 Å². The minimum atomic E-state index is -0.454. The lowest BCUT2D eigenvalue weighted by Crippen LogP contribution is -2.33. The van der Waals surface area contributed by atoms with Gasteiger partial charge >= 0.3 is 0 Å². The van der Waals surface area contributed by atoms with Crippen LogP contribution in [0, 0.1) is 17.0 Å². The molecular weight excluding hydrogens is 296 g/mol. The second kappa shape index (κ2) is 6.08. The third kappa shape index (κ3) is 3.15. The van der Waals surface area contributed by atoms with Gasteiger partial charge in [-0.2, -0.15) is 0 Å². The summed E-state index contributed by atoms with van der Waals surface area (Å²) in [6.45, 7) is 2.40. The molecule has 1 heterocycles. The van der Waals surface area contributed by atoms with Crippen LogP contribution < -0.4 is 9.64 Å². The lowest BCUT2D eigenvalue weighted by atomic mass is 10.1. The molecule has 2 aromatic carbocycles. The number of anilines is 1. The average Bonchev–Trinajstić information content (AvgIpc) is 2.97. The monoisotopic (exact) mass is 312 g/mol. The number of benzene rings is 2. The van der Waals surface area contributed by atoms with Crippen molar-refractivity contribution in [3.8, 4) is 5.75 Å². The van der Waals surface area contributed by atoms with E-state index in [9.17, 15) is 14.9 Å². The van der Waals surface area contributed by atoms with Gasteiger partial charge in [0.2, 0.25) is 0 Å². The largest absolute Gasteiger partial charge is 0.484 e. The summed E-state index contributed by atoms with van der Waals surface area (Å²) in [5.41, 5.74) is 2.66. The molecule has 0 saturated carbocycles. The predicted octanol–water partition coefficient (Wildman–Crippen LogP) is 2.87. The fraction of sp³-hybridized carbons (Fsp3) is 0.235. The van der Waals surface area contributed by atoms with Crippen molar-refractivity contribution in [3.63, 3.8) is 0 Å². The zero-order valence-electron chi connectivity index (χ0n) is 12.7. The van der Waals surface area contributed by atoms with Gasteiger partial charge in [-0.25, -0.2) is 0 Å². The summed E-state index contributed by atoms with van der Waals surface area (Å²) < 4.78 is 5.50. The van der Waals surface area contributed by atoms with Gasteiger partial charge in [0.1, 0.15) is 5.75 Å². The van der Waals surface area contributed by atoms with E-state index >= 15 is 0 Å². The molecule has 1 amide bonds. The van der Waals surface area contributed by atoms with Crippen molar-refractivity contribution in [3.05, 3.63) is 63.7 Å². The number of carbonyl (C=O) groups excluding carboxylic acids is 1. The first-order valence-electron chi connectivity index (χ1n) is 7.32. The second-order valence-electron chi connectivity index (χ2n) is 5.47. The summed E-state index contributed by atoms with van der Waals surface area (Å²) in [7, 11) is 0. The molecule has 0 aromatic heterocycles. The summed E-state index contributed by atoms with van der Waals surface area (Å²) >= 11 is 0. The summed E-state index contributed by atoms with van der Waals surface area (Å²) in [6.07, 6.45) is 0.698. The van der Waals surface area contributed by atoms with Crippen LogP contribution >= 0.6 is 0 Å². The predicted molar refractivity (Wildman–Crippen MR) is 85.8 cm³/mol. The van der Waals surface area contributed by atoms with Crippen LogP contribution in [0.1, 0.15) is 11.1 Å². The Bertz CT molecular complexity index is 756. The number of amides is 1. The van der Waals surface area contributed by atoms with Gasteiger partial charge in [-0.05, 0) is 31.0 Å². The molecule has 2 aromatic rings. The van der Waals surface area contributed by atoms with Crippen molar-refractivity contribution in [1.82, 2.24) is 0 Å². The molecule has 1 aliphatic heterocycles. The Labute approximate surface area is 133 Å². The van der Waals surface area contributed by atoms with Gasteiger partial charge in [0.25, 0.3) is 11.6 Å². The summed E-state index contributed by atoms with van der Waals surface area (Å²) in [6, 6.07) is 12.1. The molecule has 0 aliphatic carbocycles. The first-order chi connectivity index (χ1) is 11.0. The van der Waals surface area contributed by atoms with Crippen molar-refractivity contribution in [2.24, 2.45) is 0 Å². The number of nitro groups is 1. The van der Waals surface area contributed by atoms with Crippen LogP contribution in [-0.4, -0.2) is 24.0 Å². The van der Waals surface area contributed by atoms with E-state index in [1.807, 2.05) is 31.2 Å². The van der Waals surface area contributed by atoms with Crippen LogP contribution in [0.4, 0.5) is 11.4 Å². The number of carbonyl (C=O) groups is 1. The molecule has 6 heteroatoms. The van der Waals surface area contributed by atoms with Gasteiger partial charge in [-0.3, -0.25) is 14.9 Å². The molecular formula is C17H16N2O4. The quantitative estimate of drug-likeness (QED) is 0.643. The number of nitrogens with zero attached hydrogens (tertiary/aromatic N) is 2. The lowest BCUT2D eigenvalue weighted by molar-refractivity contribution is -0.384. The standard InChI is InChI=1S/C17H16N2O4/c1-12-2-6-15(7-3-12)23-11-17(20)18-9-8-13-4-5-14(19(21)22)10-16(13)18/h2-7,10H,8-9,11H2,1H3. The Kier molecular flexibility index (Phi) is 3.97. The van der Waals surface area contributed by atoms with Crippen molar-refractivity contribution >= 4 is 17.3 Å². The number of rotatable bonds is 4. The maximum atomic E-state index is 12.4.